The van der Waals surface area contributed by atoms with Crippen LogP contribution in [0.1, 0.15) is 17.2 Å². The first-order valence-electron chi connectivity index (χ1n) is 9.83. The Labute approximate surface area is 170 Å². The van der Waals surface area contributed by atoms with Gasteiger partial charge in [0.2, 0.25) is 0 Å². The molecule has 0 fully saturated rings. The van der Waals surface area contributed by atoms with Gasteiger partial charge in [0.05, 0.1) is 12.1 Å². The molecule has 4 aromatic rings. The van der Waals surface area contributed by atoms with Crippen molar-refractivity contribution in [2.45, 2.75) is 19.1 Å². The van der Waals surface area contributed by atoms with Gasteiger partial charge in [0.25, 0.3) is 0 Å². The quantitative estimate of drug-likeness (QED) is 0.492. The average Bonchev–Trinajstić information content (AvgIpc) is 3.09. The van der Waals surface area contributed by atoms with Crippen LogP contribution < -0.4 is 5.32 Å². The van der Waals surface area contributed by atoms with Crippen molar-refractivity contribution in [3.8, 4) is 11.1 Å². The number of hydrogen-bond acceptors (Lipinski definition) is 2. The van der Waals surface area contributed by atoms with Crippen LogP contribution in [0.25, 0.3) is 22.0 Å². The molecule has 0 aliphatic rings. The Kier molecular flexibility index (Phi) is 5.47. The van der Waals surface area contributed by atoms with E-state index in [1.165, 1.54) is 17.7 Å². The number of benzene rings is 3. The summed E-state index contributed by atoms with van der Waals surface area (Å²) in [6.45, 7) is 2.47. The summed E-state index contributed by atoms with van der Waals surface area (Å²) < 4.78 is 16.1. The minimum atomic E-state index is -0.719. The number of rotatable bonds is 6. The van der Waals surface area contributed by atoms with Crippen LogP contribution in [-0.2, 0) is 0 Å². The number of nitrogens with zero attached hydrogens (tertiary/aromatic N) is 1. The summed E-state index contributed by atoms with van der Waals surface area (Å²) >= 11 is 0. The van der Waals surface area contributed by atoms with Crippen molar-refractivity contribution in [3.63, 3.8) is 0 Å². The van der Waals surface area contributed by atoms with Crippen LogP contribution in [0.15, 0.2) is 79.0 Å². The minimum absolute atomic E-state index is 0.306. The van der Waals surface area contributed by atoms with Gasteiger partial charge in [-0.25, -0.2) is 4.39 Å². The summed E-state index contributed by atoms with van der Waals surface area (Å²) in [5.41, 5.74) is 5.17. The number of para-hydroxylation sites is 1. The van der Waals surface area contributed by atoms with Crippen molar-refractivity contribution >= 4 is 10.9 Å². The highest BCUT2D eigenvalue weighted by Crippen LogP contribution is 2.35. The Morgan fingerprint density at radius 3 is 2.48 bits per heavy atom. The van der Waals surface area contributed by atoms with Crippen molar-refractivity contribution in [1.29, 1.82) is 0 Å². The van der Waals surface area contributed by atoms with Gasteiger partial charge in [-0.15, -0.1) is 0 Å². The SMILES string of the molecule is CNC[C@@H](O)[C@H](c1cccc(F)c1)n1cc(-c2ccc(C)cc2)c2ccccc21. The van der Waals surface area contributed by atoms with Crippen LogP contribution in [0, 0.1) is 12.7 Å². The average molecular weight is 388 g/mol. The maximum atomic E-state index is 14.0. The Morgan fingerprint density at radius 2 is 1.76 bits per heavy atom. The molecule has 0 aliphatic carbocycles. The van der Waals surface area contributed by atoms with Crippen LogP contribution in [0.5, 0.6) is 0 Å². The summed E-state index contributed by atoms with van der Waals surface area (Å²) in [5.74, 6) is -0.306. The van der Waals surface area contributed by atoms with Crippen LogP contribution in [0.3, 0.4) is 0 Å². The zero-order valence-electron chi connectivity index (χ0n) is 16.6. The maximum Gasteiger partial charge on any atom is 0.123 e. The molecule has 29 heavy (non-hydrogen) atoms. The van der Waals surface area contributed by atoms with Crippen LogP contribution in [-0.4, -0.2) is 29.4 Å². The normalized spacial score (nSPS) is 13.5. The molecule has 2 atom stereocenters. The van der Waals surface area contributed by atoms with E-state index < -0.39 is 12.1 Å². The molecule has 0 saturated carbocycles. The lowest BCUT2D eigenvalue weighted by Crippen LogP contribution is -2.33. The lowest BCUT2D eigenvalue weighted by Gasteiger charge is -2.26. The predicted molar refractivity (Wildman–Crippen MR) is 117 cm³/mol. The molecule has 3 nitrogen and oxygen atoms in total. The number of aromatic nitrogens is 1. The lowest BCUT2D eigenvalue weighted by atomic mass is 10.0. The summed E-state index contributed by atoms with van der Waals surface area (Å²) in [4.78, 5) is 0. The Balaban J connectivity index is 1.93. The zero-order chi connectivity index (χ0) is 20.4. The minimum Gasteiger partial charge on any atom is -0.389 e. The molecule has 0 unspecified atom stereocenters. The van der Waals surface area contributed by atoms with Crippen LogP contribution in [0.4, 0.5) is 4.39 Å². The van der Waals surface area contributed by atoms with E-state index in [1.807, 2.05) is 24.3 Å². The molecule has 148 valence electrons. The third-order valence-corrected chi connectivity index (χ3v) is 5.37. The summed E-state index contributed by atoms with van der Waals surface area (Å²) in [7, 11) is 1.80. The van der Waals surface area contributed by atoms with Crippen molar-refractivity contribution in [2.24, 2.45) is 0 Å². The van der Waals surface area contributed by atoms with Gasteiger partial charge in [0.1, 0.15) is 5.82 Å². The monoisotopic (exact) mass is 388 g/mol. The van der Waals surface area contributed by atoms with Gasteiger partial charge >= 0.3 is 0 Å². The van der Waals surface area contributed by atoms with Crippen LogP contribution in [0.2, 0.25) is 0 Å². The molecular weight excluding hydrogens is 363 g/mol. The highest BCUT2D eigenvalue weighted by Gasteiger charge is 2.25. The fourth-order valence-electron chi connectivity index (χ4n) is 3.98. The smallest absolute Gasteiger partial charge is 0.123 e. The number of fused-ring (bicyclic) bond motifs is 1. The fraction of sp³-hybridized carbons (Fsp3) is 0.200. The third kappa shape index (κ3) is 3.82. The van der Waals surface area contributed by atoms with Crippen molar-refractivity contribution in [1.82, 2.24) is 9.88 Å². The third-order valence-electron chi connectivity index (χ3n) is 5.37. The highest BCUT2D eigenvalue weighted by molar-refractivity contribution is 5.96. The van der Waals surface area contributed by atoms with E-state index in [0.29, 0.717) is 6.54 Å². The first-order chi connectivity index (χ1) is 14.1. The van der Waals surface area contributed by atoms with Gasteiger partial charge in [-0.05, 0) is 43.3 Å². The number of aliphatic hydroxyl groups excluding tert-OH is 1. The zero-order valence-corrected chi connectivity index (χ0v) is 16.6. The fourth-order valence-corrected chi connectivity index (χ4v) is 3.98. The second-order valence-corrected chi connectivity index (χ2v) is 7.46. The molecule has 1 aromatic heterocycles. The predicted octanol–water partition coefficient (Wildman–Crippen LogP) is 4.93. The lowest BCUT2D eigenvalue weighted by molar-refractivity contribution is 0.132. The van der Waals surface area contributed by atoms with E-state index in [2.05, 4.69) is 53.3 Å². The number of aliphatic hydroxyl groups is 1. The van der Waals surface area contributed by atoms with Gasteiger partial charge in [-0.2, -0.15) is 0 Å². The molecule has 4 heteroatoms. The van der Waals surface area contributed by atoms with E-state index in [9.17, 15) is 9.50 Å². The van der Waals surface area contributed by atoms with Gasteiger partial charge in [-0.3, -0.25) is 0 Å². The number of aryl methyl sites for hydroxylation is 1. The van der Waals surface area contributed by atoms with E-state index in [4.69, 9.17) is 0 Å². The van der Waals surface area contributed by atoms with E-state index in [0.717, 1.165) is 27.6 Å². The first-order valence-corrected chi connectivity index (χ1v) is 9.83. The summed E-state index contributed by atoms with van der Waals surface area (Å²) in [6, 6.07) is 22.6. The second-order valence-electron chi connectivity index (χ2n) is 7.46. The molecule has 0 aliphatic heterocycles. The van der Waals surface area contributed by atoms with E-state index in [-0.39, 0.29) is 5.82 Å². The van der Waals surface area contributed by atoms with Crippen molar-refractivity contribution in [3.05, 3.63) is 95.9 Å². The van der Waals surface area contributed by atoms with Crippen molar-refractivity contribution < 1.29 is 9.50 Å². The molecule has 0 radical (unpaired) electrons. The first kappa shape index (κ1) is 19.4. The molecule has 1 heterocycles. The van der Waals surface area contributed by atoms with Gasteiger partial charge in [0, 0.05) is 29.2 Å². The van der Waals surface area contributed by atoms with Crippen molar-refractivity contribution in [2.75, 3.05) is 13.6 Å². The molecule has 4 rings (SSSR count). The Bertz CT molecular complexity index is 1120. The van der Waals surface area contributed by atoms with E-state index in [1.54, 1.807) is 13.1 Å². The molecule has 0 amide bonds. The molecule has 3 aromatic carbocycles. The molecule has 0 spiro atoms. The number of likely N-dealkylation sites (N-methyl/N-ethyl adjacent to an activating group) is 1. The van der Waals surface area contributed by atoms with Gasteiger partial charge < -0.3 is 15.0 Å². The van der Waals surface area contributed by atoms with Crippen LogP contribution >= 0.6 is 0 Å². The Hall–Kier alpha value is -2.95. The molecule has 0 saturated heterocycles. The highest BCUT2D eigenvalue weighted by atomic mass is 19.1. The molecular formula is C25H25FN2O. The Morgan fingerprint density at radius 1 is 1.00 bits per heavy atom. The summed E-state index contributed by atoms with van der Waals surface area (Å²) in [6.07, 6.45) is 1.35. The molecule has 2 N–H and O–H groups in total. The number of hydrogen-bond donors (Lipinski definition) is 2. The standard InChI is InChI=1S/C25H25FN2O/c1-17-10-12-18(13-11-17)22-16-28(23-9-4-3-8-21(22)23)25(24(29)15-27-2)19-6-5-7-20(26)14-19/h3-14,16,24-25,27,29H,15H2,1-2H3/t24-,25+/m1/s1. The van der Waals surface area contributed by atoms with E-state index >= 15 is 0 Å². The second kappa shape index (κ2) is 8.19. The molecule has 0 bridgehead atoms. The number of nitrogens with one attached hydrogen (secondary N) is 1. The topological polar surface area (TPSA) is 37.2 Å². The van der Waals surface area contributed by atoms with Gasteiger partial charge in [-0.1, -0.05) is 60.2 Å². The largest absolute Gasteiger partial charge is 0.389 e. The summed E-state index contributed by atoms with van der Waals surface area (Å²) in [5, 5.41) is 15.1. The maximum absolute atomic E-state index is 14.0. The van der Waals surface area contributed by atoms with Gasteiger partial charge in [0.15, 0.2) is 0 Å². The number of halogens is 1.